The van der Waals surface area contributed by atoms with Crippen molar-refractivity contribution in [2.45, 2.75) is 32.7 Å². The molecule has 21 heavy (non-hydrogen) atoms. The molecule has 0 radical (unpaired) electrons. The first-order chi connectivity index (χ1) is 10.3. The van der Waals surface area contributed by atoms with Gasteiger partial charge in [-0.05, 0) is 43.9 Å². The van der Waals surface area contributed by atoms with Gasteiger partial charge in [0.2, 0.25) is 0 Å². The molecular formula is C19H24N2. The van der Waals surface area contributed by atoms with Crippen molar-refractivity contribution in [3.63, 3.8) is 0 Å². The van der Waals surface area contributed by atoms with Crippen molar-refractivity contribution in [2.24, 2.45) is 0 Å². The number of hydrogen-bond donors (Lipinski definition) is 1. The molecule has 2 aromatic carbocycles. The lowest BCUT2D eigenvalue weighted by Crippen LogP contribution is -2.30. The van der Waals surface area contributed by atoms with Gasteiger partial charge in [0.15, 0.2) is 0 Å². The van der Waals surface area contributed by atoms with Gasteiger partial charge in [0.25, 0.3) is 0 Å². The van der Waals surface area contributed by atoms with Crippen LogP contribution in [0.5, 0.6) is 0 Å². The smallest absolute Gasteiger partial charge is 0.0602 e. The summed E-state index contributed by atoms with van der Waals surface area (Å²) in [5.74, 6) is 0. The van der Waals surface area contributed by atoms with E-state index in [0.29, 0.717) is 0 Å². The lowest BCUT2D eigenvalue weighted by Gasteiger charge is -2.30. The van der Waals surface area contributed by atoms with Crippen molar-refractivity contribution >= 4 is 11.4 Å². The fraction of sp³-hybridized carbons (Fsp3) is 0.368. The molecule has 1 aliphatic rings. The molecule has 1 saturated heterocycles. The Hall–Kier alpha value is -1.96. The normalized spacial score (nSPS) is 15.0. The van der Waals surface area contributed by atoms with E-state index in [0.717, 1.165) is 6.54 Å². The number of benzene rings is 2. The van der Waals surface area contributed by atoms with Crippen LogP contribution in [0.3, 0.4) is 0 Å². The van der Waals surface area contributed by atoms with E-state index >= 15 is 0 Å². The van der Waals surface area contributed by atoms with Crippen LogP contribution in [0.15, 0.2) is 48.5 Å². The van der Waals surface area contributed by atoms with E-state index in [4.69, 9.17) is 0 Å². The van der Waals surface area contributed by atoms with Gasteiger partial charge in [-0.2, -0.15) is 0 Å². The van der Waals surface area contributed by atoms with E-state index in [1.165, 1.54) is 54.9 Å². The van der Waals surface area contributed by atoms with Gasteiger partial charge in [0.05, 0.1) is 11.4 Å². The van der Waals surface area contributed by atoms with E-state index < -0.39 is 0 Å². The van der Waals surface area contributed by atoms with Gasteiger partial charge in [0, 0.05) is 19.6 Å². The molecule has 2 aromatic rings. The molecule has 3 rings (SSSR count). The Morgan fingerprint density at radius 3 is 2.38 bits per heavy atom. The standard InChI is InChI=1S/C19H24N2/c1-16-9-11-17(12-10-16)15-20-18-7-3-4-8-19(18)21-13-5-2-6-14-21/h3-4,7-12,20H,2,5-6,13-15H2,1H3. The maximum Gasteiger partial charge on any atom is 0.0602 e. The first-order valence-electron chi connectivity index (χ1n) is 7.96. The molecule has 0 amide bonds. The van der Waals surface area contributed by atoms with Crippen LogP contribution in [0.25, 0.3) is 0 Å². The topological polar surface area (TPSA) is 15.3 Å². The van der Waals surface area contributed by atoms with Crippen LogP contribution in [0.4, 0.5) is 11.4 Å². The highest BCUT2D eigenvalue weighted by Crippen LogP contribution is 2.28. The second-order valence-corrected chi connectivity index (χ2v) is 5.90. The molecule has 0 aromatic heterocycles. The summed E-state index contributed by atoms with van der Waals surface area (Å²) >= 11 is 0. The molecule has 0 atom stereocenters. The summed E-state index contributed by atoms with van der Waals surface area (Å²) in [7, 11) is 0. The van der Waals surface area contributed by atoms with Crippen molar-refractivity contribution in [2.75, 3.05) is 23.3 Å². The summed E-state index contributed by atoms with van der Waals surface area (Å²) in [6.07, 6.45) is 3.99. The molecule has 1 heterocycles. The summed E-state index contributed by atoms with van der Waals surface area (Å²) in [4.78, 5) is 2.51. The second kappa shape index (κ2) is 6.66. The Bertz CT molecular complexity index is 568. The Labute approximate surface area is 127 Å². The van der Waals surface area contributed by atoms with E-state index in [-0.39, 0.29) is 0 Å². The van der Waals surface area contributed by atoms with Crippen LogP contribution < -0.4 is 10.2 Å². The second-order valence-electron chi connectivity index (χ2n) is 5.90. The number of hydrogen-bond acceptors (Lipinski definition) is 2. The first kappa shape index (κ1) is 14.0. The Kier molecular flexibility index (Phi) is 4.44. The van der Waals surface area contributed by atoms with Crippen LogP contribution in [0.1, 0.15) is 30.4 Å². The highest BCUT2D eigenvalue weighted by molar-refractivity contribution is 5.70. The third kappa shape index (κ3) is 3.57. The predicted octanol–water partition coefficient (Wildman–Crippen LogP) is 4.60. The minimum Gasteiger partial charge on any atom is -0.379 e. The highest BCUT2D eigenvalue weighted by atomic mass is 15.1. The fourth-order valence-corrected chi connectivity index (χ4v) is 2.94. The average molecular weight is 280 g/mol. The molecule has 2 heteroatoms. The minimum absolute atomic E-state index is 0.880. The summed E-state index contributed by atoms with van der Waals surface area (Å²) in [5.41, 5.74) is 5.24. The number of rotatable bonds is 4. The summed E-state index contributed by atoms with van der Waals surface area (Å²) in [6, 6.07) is 17.4. The molecule has 0 bridgehead atoms. The molecule has 1 N–H and O–H groups in total. The zero-order valence-electron chi connectivity index (χ0n) is 12.8. The van der Waals surface area contributed by atoms with Crippen molar-refractivity contribution < 1.29 is 0 Å². The van der Waals surface area contributed by atoms with Crippen LogP contribution in [0.2, 0.25) is 0 Å². The van der Waals surface area contributed by atoms with Crippen LogP contribution in [-0.4, -0.2) is 13.1 Å². The lowest BCUT2D eigenvalue weighted by atomic mass is 10.1. The Balaban J connectivity index is 1.71. The zero-order valence-corrected chi connectivity index (χ0v) is 12.8. The van der Waals surface area contributed by atoms with E-state index in [1.807, 2.05) is 0 Å². The molecule has 0 spiro atoms. The van der Waals surface area contributed by atoms with Gasteiger partial charge in [-0.15, -0.1) is 0 Å². The molecule has 0 aliphatic carbocycles. The number of nitrogens with one attached hydrogen (secondary N) is 1. The number of nitrogens with zero attached hydrogens (tertiary/aromatic N) is 1. The minimum atomic E-state index is 0.880. The van der Waals surface area contributed by atoms with Gasteiger partial charge < -0.3 is 10.2 Å². The molecule has 1 fully saturated rings. The Morgan fingerprint density at radius 1 is 0.905 bits per heavy atom. The monoisotopic (exact) mass is 280 g/mol. The largest absolute Gasteiger partial charge is 0.379 e. The molecule has 0 unspecified atom stereocenters. The van der Waals surface area contributed by atoms with E-state index in [9.17, 15) is 0 Å². The molecular weight excluding hydrogens is 256 g/mol. The lowest BCUT2D eigenvalue weighted by molar-refractivity contribution is 0.578. The van der Waals surface area contributed by atoms with Crippen LogP contribution in [0, 0.1) is 6.92 Å². The van der Waals surface area contributed by atoms with Crippen molar-refractivity contribution in [1.29, 1.82) is 0 Å². The Morgan fingerprint density at radius 2 is 1.62 bits per heavy atom. The number of piperidine rings is 1. The number of aryl methyl sites for hydroxylation is 1. The van der Waals surface area contributed by atoms with Crippen molar-refractivity contribution in [3.8, 4) is 0 Å². The third-order valence-corrected chi connectivity index (χ3v) is 4.20. The molecule has 1 aliphatic heterocycles. The SMILES string of the molecule is Cc1ccc(CNc2ccccc2N2CCCCC2)cc1. The summed E-state index contributed by atoms with van der Waals surface area (Å²) in [6.45, 7) is 5.38. The quantitative estimate of drug-likeness (QED) is 0.880. The molecule has 110 valence electrons. The maximum absolute atomic E-state index is 3.60. The molecule has 0 saturated carbocycles. The van der Waals surface area contributed by atoms with Crippen molar-refractivity contribution in [1.82, 2.24) is 0 Å². The van der Waals surface area contributed by atoms with Gasteiger partial charge in [-0.25, -0.2) is 0 Å². The zero-order chi connectivity index (χ0) is 14.5. The van der Waals surface area contributed by atoms with Gasteiger partial charge in [0.1, 0.15) is 0 Å². The van der Waals surface area contributed by atoms with Crippen LogP contribution >= 0.6 is 0 Å². The fourth-order valence-electron chi connectivity index (χ4n) is 2.94. The van der Waals surface area contributed by atoms with E-state index in [1.54, 1.807) is 0 Å². The maximum atomic E-state index is 3.60. The first-order valence-corrected chi connectivity index (χ1v) is 7.96. The van der Waals surface area contributed by atoms with Gasteiger partial charge in [-0.1, -0.05) is 42.0 Å². The van der Waals surface area contributed by atoms with Crippen LogP contribution in [-0.2, 0) is 6.54 Å². The highest BCUT2D eigenvalue weighted by Gasteiger charge is 2.13. The molecule has 2 nitrogen and oxygen atoms in total. The van der Waals surface area contributed by atoms with E-state index in [2.05, 4.69) is 65.7 Å². The average Bonchev–Trinajstić information content (AvgIpc) is 2.55. The summed E-state index contributed by atoms with van der Waals surface area (Å²) in [5, 5.41) is 3.60. The number of anilines is 2. The van der Waals surface area contributed by atoms with Gasteiger partial charge >= 0.3 is 0 Å². The van der Waals surface area contributed by atoms with Crippen molar-refractivity contribution in [3.05, 3.63) is 59.7 Å². The predicted molar refractivity (Wildman–Crippen MR) is 91.0 cm³/mol. The number of para-hydroxylation sites is 2. The summed E-state index contributed by atoms with van der Waals surface area (Å²) < 4.78 is 0. The third-order valence-electron chi connectivity index (χ3n) is 4.20. The van der Waals surface area contributed by atoms with Gasteiger partial charge in [-0.3, -0.25) is 0 Å².